The summed E-state index contributed by atoms with van der Waals surface area (Å²) >= 11 is 0. The molecule has 0 fully saturated rings. The van der Waals surface area contributed by atoms with E-state index in [2.05, 4.69) is 5.32 Å². The van der Waals surface area contributed by atoms with Gasteiger partial charge in [0.2, 0.25) is 0 Å². The fourth-order valence-corrected chi connectivity index (χ4v) is 3.09. The van der Waals surface area contributed by atoms with Gasteiger partial charge in [0.05, 0.1) is 16.1 Å². The van der Waals surface area contributed by atoms with E-state index in [1.165, 1.54) is 6.07 Å². The minimum Gasteiger partial charge on any atom is -0.361 e. The summed E-state index contributed by atoms with van der Waals surface area (Å²) in [5.74, 6) is -0.0362. The molecule has 2 atom stereocenters. The number of nitro groups is 1. The van der Waals surface area contributed by atoms with Crippen LogP contribution in [0.5, 0.6) is 0 Å². The van der Waals surface area contributed by atoms with Crippen molar-refractivity contribution in [2.45, 2.75) is 32.5 Å². The number of benzene rings is 2. The van der Waals surface area contributed by atoms with Crippen molar-refractivity contribution in [1.29, 1.82) is 0 Å². The number of hydrogen-bond acceptors (Lipinski definition) is 4. The van der Waals surface area contributed by atoms with Crippen LogP contribution in [0.1, 0.15) is 36.2 Å². The Hall–Kier alpha value is -3.15. The highest BCUT2D eigenvalue weighted by Gasteiger charge is 2.33. The molecule has 2 aromatic carbocycles. The maximum atomic E-state index is 13.0. The van der Waals surface area contributed by atoms with Crippen molar-refractivity contribution in [3.8, 4) is 0 Å². The third kappa shape index (κ3) is 3.31. The van der Waals surface area contributed by atoms with Crippen LogP contribution in [-0.2, 0) is 0 Å². The molecule has 3 rings (SSSR count). The molecule has 1 heterocycles. The molecule has 6 heteroatoms. The zero-order chi connectivity index (χ0) is 18.7. The molecule has 0 saturated heterocycles. The maximum absolute atomic E-state index is 13.0. The van der Waals surface area contributed by atoms with Crippen LogP contribution in [0.15, 0.2) is 54.6 Å². The van der Waals surface area contributed by atoms with Crippen LogP contribution >= 0.6 is 0 Å². The third-order valence-electron chi connectivity index (χ3n) is 4.65. The second-order valence-corrected chi connectivity index (χ2v) is 6.28. The average Bonchev–Trinajstić information content (AvgIpc) is 2.66. The van der Waals surface area contributed by atoms with Crippen LogP contribution in [-0.4, -0.2) is 27.9 Å². The van der Waals surface area contributed by atoms with Gasteiger partial charge < -0.3 is 10.2 Å². The molecule has 0 bridgehead atoms. The lowest BCUT2D eigenvalue weighted by Gasteiger charge is -2.40. The van der Waals surface area contributed by atoms with Gasteiger partial charge in [-0.05, 0) is 43.7 Å². The number of nitrogens with one attached hydrogen (secondary N) is 1. The van der Waals surface area contributed by atoms with Crippen LogP contribution in [0.2, 0.25) is 0 Å². The second kappa shape index (κ2) is 7.39. The van der Waals surface area contributed by atoms with Crippen LogP contribution in [0, 0.1) is 10.1 Å². The van der Waals surface area contributed by atoms with Gasteiger partial charge in [-0.3, -0.25) is 14.9 Å². The molecule has 26 heavy (non-hydrogen) atoms. The lowest BCUT2D eigenvalue weighted by molar-refractivity contribution is -0.385. The van der Waals surface area contributed by atoms with Gasteiger partial charge in [-0.25, -0.2) is 0 Å². The molecule has 6 nitrogen and oxygen atoms in total. The van der Waals surface area contributed by atoms with E-state index in [0.29, 0.717) is 11.1 Å². The summed E-state index contributed by atoms with van der Waals surface area (Å²) in [4.78, 5) is 25.5. The first-order valence-corrected chi connectivity index (χ1v) is 8.62. The quantitative estimate of drug-likeness (QED) is 0.644. The number of fused-ring (bicyclic) bond motifs is 1. The number of para-hydroxylation sites is 2. The Balaban J connectivity index is 1.97. The highest BCUT2D eigenvalue weighted by molar-refractivity contribution is 6.02. The van der Waals surface area contributed by atoms with E-state index in [-0.39, 0.29) is 23.8 Å². The summed E-state index contributed by atoms with van der Waals surface area (Å²) in [6.45, 7) is 4.03. The Kier molecular flexibility index (Phi) is 5.02. The van der Waals surface area contributed by atoms with Crippen LogP contribution in [0.4, 0.5) is 11.4 Å². The predicted molar refractivity (Wildman–Crippen MR) is 102 cm³/mol. The van der Waals surface area contributed by atoms with E-state index in [9.17, 15) is 14.9 Å². The number of nitro benzene ring substituents is 1. The summed E-state index contributed by atoms with van der Waals surface area (Å²) in [5, 5.41) is 14.6. The molecule has 2 aromatic rings. The van der Waals surface area contributed by atoms with Crippen molar-refractivity contribution in [3.63, 3.8) is 0 Å². The number of hydrogen-bond donors (Lipinski definition) is 1. The molecule has 0 unspecified atom stereocenters. The molecule has 0 aliphatic carbocycles. The van der Waals surface area contributed by atoms with Crippen LogP contribution < -0.4 is 5.32 Å². The van der Waals surface area contributed by atoms with Crippen molar-refractivity contribution < 1.29 is 9.72 Å². The minimum atomic E-state index is -0.402. The highest BCUT2D eigenvalue weighted by atomic mass is 16.6. The Morgan fingerprint density at radius 3 is 2.65 bits per heavy atom. The molecule has 0 aromatic heterocycles. The fraction of sp³-hybridized carbons (Fsp3) is 0.250. The highest BCUT2D eigenvalue weighted by Crippen LogP contribution is 2.28. The van der Waals surface area contributed by atoms with Gasteiger partial charge >= 0.3 is 0 Å². The van der Waals surface area contributed by atoms with Crippen molar-refractivity contribution in [2.24, 2.45) is 0 Å². The van der Waals surface area contributed by atoms with Crippen LogP contribution in [0.25, 0.3) is 6.08 Å². The summed E-state index contributed by atoms with van der Waals surface area (Å²) in [5.41, 5.74) is 1.97. The molecule has 134 valence electrons. The Labute approximate surface area is 152 Å². The summed E-state index contributed by atoms with van der Waals surface area (Å²) in [6.07, 6.45) is 3.95. The zero-order valence-electron chi connectivity index (χ0n) is 14.8. The van der Waals surface area contributed by atoms with Gasteiger partial charge in [0.1, 0.15) is 6.17 Å². The Morgan fingerprint density at radius 2 is 1.92 bits per heavy atom. The van der Waals surface area contributed by atoms with Crippen molar-refractivity contribution in [2.75, 3.05) is 5.32 Å². The first-order valence-electron chi connectivity index (χ1n) is 8.62. The average molecular weight is 351 g/mol. The van der Waals surface area contributed by atoms with E-state index in [4.69, 9.17) is 0 Å². The normalized spacial score (nSPS) is 17.7. The van der Waals surface area contributed by atoms with Crippen LogP contribution in [0.3, 0.4) is 0 Å². The van der Waals surface area contributed by atoms with E-state index < -0.39 is 4.92 Å². The van der Waals surface area contributed by atoms with Gasteiger partial charge in [-0.2, -0.15) is 0 Å². The predicted octanol–water partition coefficient (Wildman–Crippen LogP) is 4.30. The van der Waals surface area contributed by atoms with Gasteiger partial charge in [0.15, 0.2) is 0 Å². The van der Waals surface area contributed by atoms with Gasteiger partial charge in [0.25, 0.3) is 11.6 Å². The minimum absolute atomic E-state index is 0.0313. The molecule has 1 N–H and O–H groups in total. The number of rotatable bonds is 5. The Morgan fingerprint density at radius 1 is 1.23 bits per heavy atom. The first-order chi connectivity index (χ1) is 12.5. The number of anilines is 1. The molecular formula is C20H21N3O3. The summed E-state index contributed by atoms with van der Waals surface area (Å²) < 4.78 is 0. The number of carbonyl (C=O) groups is 1. The first kappa shape index (κ1) is 17.7. The van der Waals surface area contributed by atoms with Crippen molar-refractivity contribution in [1.82, 2.24) is 4.90 Å². The topological polar surface area (TPSA) is 75.5 Å². The third-order valence-corrected chi connectivity index (χ3v) is 4.65. The molecule has 1 amide bonds. The maximum Gasteiger partial charge on any atom is 0.276 e. The van der Waals surface area contributed by atoms with Gasteiger partial charge in [-0.15, -0.1) is 0 Å². The lowest BCUT2D eigenvalue weighted by atomic mass is 10.0. The Bertz CT molecular complexity index is 863. The molecule has 0 saturated carbocycles. The molecule has 0 spiro atoms. The lowest BCUT2D eigenvalue weighted by Crippen LogP contribution is -2.51. The van der Waals surface area contributed by atoms with E-state index in [1.54, 1.807) is 29.2 Å². The largest absolute Gasteiger partial charge is 0.361 e. The summed E-state index contributed by atoms with van der Waals surface area (Å²) in [7, 11) is 0. The summed E-state index contributed by atoms with van der Waals surface area (Å²) in [6, 6.07) is 14.0. The molecule has 1 aliphatic rings. The number of carbonyl (C=O) groups excluding carboxylic acids is 1. The van der Waals surface area contributed by atoms with E-state index in [0.717, 1.165) is 12.1 Å². The number of amides is 1. The van der Waals surface area contributed by atoms with Crippen molar-refractivity contribution >= 4 is 23.4 Å². The zero-order valence-corrected chi connectivity index (χ0v) is 14.8. The standard InChI is InChI=1S/C20H21N3O3/c1-3-14(2)22-19(21-17-10-6-5-9-16(17)20(22)24)13-12-15-8-4-7-11-18(15)23(25)26/h4-14,19,21H,3H2,1-2H3/b13-12+/t14-,19+/m1/s1. The van der Waals surface area contributed by atoms with Gasteiger partial charge in [0, 0.05) is 17.8 Å². The SMILES string of the molecule is CC[C@@H](C)N1C(=O)c2ccccc2N[C@@H]1/C=C/c1ccccc1[N+](=O)[O-]. The smallest absolute Gasteiger partial charge is 0.276 e. The monoisotopic (exact) mass is 351 g/mol. The number of nitrogens with zero attached hydrogens (tertiary/aromatic N) is 2. The second-order valence-electron chi connectivity index (χ2n) is 6.28. The van der Waals surface area contributed by atoms with Gasteiger partial charge in [-0.1, -0.05) is 31.2 Å². The van der Waals surface area contributed by atoms with Crippen molar-refractivity contribution in [3.05, 3.63) is 75.8 Å². The van der Waals surface area contributed by atoms with E-state index >= 15 is 0 Å². The molecule has 1 aliphatic heterocycles. The molecular weight excluding hydrogens is 330 g/mol. The van der Waals surface area contributed by atoms with E-state index in [1.807, 2.05) is 44.2 Å². The molecule has 0 radical (unpaired) electrons. The fourth-order valence-electron chi connectivity index (χ4n) is 3.09.